The Morgan fingerprint density at radius 3 is 3.12 bits per heavy atom. The van der Waals surface area contributed by atoms with Crippen LogP contribution in [0.15, 0.2) is 18.2 Å². The van der Waals surface area contributed by atoms with E-state index in [4.69, 9.17) is 9.47 Å². The van der Waals surface area contributed by atoms with Gasteiger partial charge in [0.2, 0.25) is 5.91 Å². The number of amides is 1. The Morgan fingerprint density at radius 2 is 2.29 bits per heavy atom. The third kappa shape index (κ3) is 1.63. The molecule has 90 valence electrons. The van der Waals surface area contributed by atoms with E-state index in [1.807, 2.05) is 18.2 Å². The predicted molar refractivity (Wildman–Crippen MR) is 63.3 cm³/mol. The highest BCUT2D eigenvalue weighted by Crippen LogP contribution is 2.37. The zero-order valence-corrected chi connectivity index (χ0v) is 9.53. The van der Waals surface area contributed by atoms with Gasteiger partial charge in [-0.3, -0.25) is 4.79 Å². The predicted octanol–water partition coefficient (Wildman–Crippen LogP) is 1.07. The van der Waals surface area contributed by atoms with Crippen molar-refractivity contribution in [1.82, 2.24) is 0 Å². The standard InChI is InChI=1S/C12H14N2O3/c1-16-10-4-2-3-8-11(10)14-12(15)7-5-17-6-9(7)13-8/h2-4,7,9,13H,5-6H2,1H3,(H,14,15). The smallest absolute Gasteiger partial charge is 0.232 e. The molecule has 2 atom stereocenters. The zero-order valence-electron chi connectivity index (χ0n) is 9.53. The van der Waals surface area contributed by atoms with E-state index >= 15 is 0 Å². The minimum absolute atomic E-state index is 0.0109. The van der Waals surface area contributed by atoms with Crippen molar-refractivity contribution in [2.24, 2.45) is 5.92 Å². The molecule has 0 radical (unpaired) electrons. The van der Waals surface area contributed by atoms with Crippen LogP contribution in [0.3, 0.4) is 0 Å². The number of ether oxygens (including phenoxy) is 2. The fraction of sp³-hybridized carbons (Fsp3) is 0.417. The number of carbonyl (C=O) groups excluding carboxylic acids is 1. The monoisotopic (exact) mass is 234 g/mol. The lowest BCUT2D eigenvalue weighted by Gasteiger charge is -2.15. The van der Waals surface area contributed by atoms with Gasteiger partial charge in [-0.05, 0) is 12.1 Å². The van der Waals surface area contributed by atoms with E-state index in [-0.39, 0.29) is 17.9 Å². The van der Waals surface area contributed by atoms with Crippen LogP contribution in [0.5, 0.6) is 5.75 Å². The molecule has 2 aliphatic rings. The third-order valence-electron chi connectivity index (χ3n) is 3.25. The molecule has 2 aliphatic heterocycles. The summed E-state index contributed by atoms with van der Waals surface area (Å²) in [6.45, 7) is 1.04. The lowest BCUT2D eigenvalue weighted by Crippen LogP contribution is -2.33. The largest absolute Gasteiger partial charge is 0.494 e. The second-order valence-corrected chi connectivity index (χ2v) is 4.27. The van der Waals surface area contributed by atoms with Crippen LogP contribution in [0.2, 0.25) is 0 Å². The number of hydrogen-bond acceptors (Lipinski definition) is 4. The Balaban J connectivity index is 2.03. The lowest BCUT2D eigenvalue weighted by molar-refractivity contribution is -0.119. The van der Waals surface area contributed by atoms with Crippen LogP contribution in [-0.2, 0) is 9.53 Å². The molecular formula is C12H14N2O3. The SMILES string of the molecule is COc1cccc2c1NC(=O)C1COCC1N2. The van der Waals surface area contributed by atoms with E-state index in [0.29, 0.717) is 19.0 Å². The first-order chi connectivity index (χ1) is 8.29. The number of carbonyl (C=O) groups is 1. The highest BCUT2D eigenvalue weighted by molar-refractivity contribution is 6.00. The van der Waals surface area contributed by atoms with Crippen molar-refractivity contribution in [2.45, 2.75) is 6.04 Å². The molecule has 2 unspecified atom stereocenters. The Hall–Kier alpha value is -1.75. The van der Waals surface area contributed by atoms with E-state index in [0.717, 1.165) is 11.4 Å². The van der Waals surface area contributed by atoms with Gasteiger partial charge in [0, 0.05) is 0 Å². The first kappa shape index (κ1) is 10.4. The molecule has 5 nitrogen and oxygen atoms in total. The van der Waals surface area contributed by atoms with Crippen LogP contribution >= 0.6 is 0 Å². The fourth-order valence-corrected chi connectivity index (χ4v) is 2.32. The van der Waals surface area contributed by atoms with Crippen LogP contribution in [0.4, 0.5) is 11.4 Å². The number of rotatable bonds is 1. The molecule has 0 saturated carbocycles. The Labute approximate surface area is 99.1 Å². The summed E-state index contributed by atoms with van der Waals surface area (Å²) in [6.07, 6.45) is 0. The van der Waals surface area contributed by atoms with Crippen LogP contribution in [-0.4, -0.2) is 32.3 Å². The number of hydrogen-bond donors (Lipinski definition) is 2. The average molecular weight is 234 g/mol. The fourth-order valence-electron chi connectivity index (χ4n) is 2.32. The van der Waals surface area contributed by atoms with E-state index in [9.17, 15) is 4.79 Å². The summed E-state index contributed by atoms with van der Waals surface area (Å²) in [6, 6.07) is 5.70. The van der Waals surface area contributed by atoms with Crippen LogP contribution in [0.25, 0.3) is 0 Å². The minimum atomic E-state index is -0.132. The van der Waals surface area contributed by atoms with E-state index in [2.05, 4.69) is 10.6 Å². The Bertz CT molecular complexity index is 461. The molecular weight excluding hydrogens is 220 g/mol. The summed E-state index contributed by atoms with van der Waals surface area (Å²) in [5.41, 5.74) is 1.60. The van der Waals surface area contributed by atoms with Gasteiger partial charge in [-0.25, -0.2) is 0 Å². The van der Waals surface area contributed by atoms with Gasteiger partial charge in [0.1, 0.15) is 11.4 Å². The van der Waals surface area contributed by atoms with Gasteiger partial charge < -0.3 is 20.1 Å². The maximum atomic E-state index is 12.0. The maximum absolute atomic E-state index is 12.0. The van der Waals surface area contributed by atoms with Gasteiger partial charge in [0.05, 0.1) is 38.0 Å². The van der Waals surface area contributed by atoms with Gasteiger partial charge in [0.25, 0.3) is 0 Å². The number of fused-ring (bicyclic) bond motifs is 2. The first-order valence-corrected chi connectivity index (χ1v) is 5.62. The van der Waals surface area contributed by atoms with Crippen LogP contribution in [0.1, 0.15) is 0 Å². The van der Waals surface area contributed by atoms with Crippen molar-refractivity contribution in [1.29, 1.82) is 0 Å². The zero-order chi connectivity index (χ0) is 11.8. The second-order valence-electron chi connectivity index (χ2n) is 4.27. The van der Waals surface area contributed by atoms with Crippen molar-refractivity contribution in [2.75, 3.05) is 31.0 Å². The molecule has 2 N–H and O–H groups in total. The number of methoxy groups -OCH3 is 1. The number of anilines is 2. The van der Waals surface area contributed by atoms with Gasteiger partial charge in [-0.15, -0.1) is 0 Å². The summed E-state index contributed by atoms with van der Waals surface area (Å²) in [5, 5.41) is 6.25. The number of nitrogens with one attached hydrogen (secondary N) is 2. The molecule has 0 spiro atoms. The van der Waals surface area contributed by atoms with Gasteiger partial charge in [-0.1, -0.05) is 6.07 Å². The van der Waals surface area contributed by atoms with Gasteiger partial charge >= 0.3 is 0 Å². The van der Waals surface area contributed by atoms with Crippen LogP contribution in [0, 0.1) is 5.92 Å². The molecule has 5 heteroatoms. The van der Waals surface area contributed by atoms with Gasteiger partial charge in [0.15, 0.2) is 0 Å². The number of benzene rings is 1. The van der Waals surface area contributed by atoms with E-state index in [1.165, 1.54) is 0 Å². The Morgan fingerprint density at radius 1 is 1.41 bits per heavy atom. The summed E-state index contributed by atoms with van der Waals surface area (Å²) in [5.74, 6) is 0.527. The molecule has 3 rings (SSSR count). The highest BCUT2D eigenvalue weighted by Gasteiger charge is 2.37. The molecule has 1 fully saturated rings. The van der Waals surface area contributed by atoms with Crippen LogP contribution < -0.4 is 15.4 Å². The second kappa shape index (κ2) is 3.92. The topological polar surface area (TPSA) is 59.6 Å². The quantitative estimate of drug-likeness (QED) is 0.763. The molecule has 0 aromatic heterocycles. The molecule has 1 aromatic carbocycles. The third-order valence-corrected chi connectivity index (χ3v) is 3.25. The summed E-state index contributed by atoms with van der Waals surface area (Å²) in [7, 11) is 1.59. The van der Waals surface area contributed by atoms with Crippen molar-refractivity contribution in [3.05, 3.63) is 18.2 Å². The van der Waals surface area contributed by atoms with Crippen molar-refractivity contribution in [3.8, 4) is 5.75 Å². The molecule has 0 aliphatic carbocycles. The molecule has 1 aromatic rings. The van der Waals surface area contributed by atoms with E-state index in [1.54, 1.807) is 7.11 Å². The number of para-hydroxylation sites is 1. The molecule has 1 saturated heterocycles. The lowest BCUT2D eigenvalue weighted by atomic mass is 10.0. The summed E-state index contributed by atoms with van der Waals surface area (Å²) >= 11 is 0. The summed E-state index contributed by atoms with van der Waals surface area (Å²) < 4.78 is 10.6. The van der Waals surface area contributed by atoms with Crippen molar-refractivity contribution in [3.63, 3.8) is 0 Å². The maximum Gasteiger partial charge on any atom is 0.232 e. The highest BCUT2D eigenvalue weighted by atomic mass is 16.5. The average Bonchev–Trinajstić information content (AvgIpc) is 2.74. The minimum Gasteiger partial charge on any atom is -0.494 e. The van der Waals surface area contributed by atoms with Crippen molar-refractivity contribution < 1.29 is 14.3 Å². The molecule has 1 amide bonds. The van der Waals surface area contributed by atoms with Gasteiger partial charge in [-0.2, -0.15) is 0 Å². The molecule has 0 bridgehead atoms. The Kier molecular flexibility index (Phi) is 2.40. The molecule has 2 heterocycles. The first-order valence-electron chi connectivity index (χ1n) is 5.62. The normalized spacial score (nSPS) is 26.3. The van der Waals surface area contributed by atoms with E-state index < -0.39 is 0 Å². The summed E-state index contributed by atoms with van der Waals surface area (Å²) in [4.78, 5) is 12.0. The van der Waals surface area contributed by atoms with Crippen molar-refractivity contribution >= 4 is 17.3 Å². The molecule has 17 heavy (non-hydrogen) atoms.